The standard InChI is InChI=1S/C22H23N3O4.C2H2O4/c1-28-15-7-8-17-16(11-15)14(13-24-17)9-10-23-18-12-21(26)25(22(18)27)19-5-3-4-6-20(19)29-2;3-1(4)2(5)6/h3-8,11,13,18,23-24H,9-10,12H2,1-2H3;(H,3,4)(H,5,6). The summed E-state index contributed by atoms with van der Waals surface area (Å²) < 4.78 is 10.6. The first-order valence-electron chi connectivity index (χ1n) is 10.6. The maximum Gasteiger partial charge on any atom is 0.414 e. The lowest BCUT2D eigenvalue weighted by Crippen LogP contribution is -2.39. The molecule has 0 bridgehead atoms. The number of para-hydroxylation sites is 2. The minimum atomic E-state index is -1.82. The highest BCUT2D eigenvalue weighted by Gasteiger charge is 2.40. The third-order valence-corrected chi connectivity index (χ3v) is 5.42. The summed E-state index contributed by atoms with van der Waals surface area (Å²) in [6.07, 6.45) is 2.83. The minimum Gasteiger partial charge on any atom is -0.497 e. The molecule has 184 valence electrons. The molecule has 1 unspecified atom stereocenters. The number of rotatable bonds is 7. The van der Waals surface area contributed by atoms with Crippen LogP contribution in [0.5, 0.6) is 11.5 Å². The summed E-state index contributed by atoms with van der Waals surface area (Å²) in [6, 6.07) is 12.4. The lowest BCUT2D eigenvalue weighted by atomic mass is 10.1. The summed E-state index contributed by atoms with van der Waals surface area (Å²) in [4.78, 5) is 48.0. The van der Waals surface area contributed by atoms with Crippen LogP contribution in [0.2, 0.25) is 0 Å². The number of anilines is 1. The third kappa shape index (κ3) is 5.76. The van der Waals surface area contributed by atoms with E-state index in [4.69, 9.17) is 29.3 Å². The van der Waals surface area contributed by atoms with Crippen LogP contribution < -0.4 is 19.7 Å². The lowest BCUT2D eigenvalue weighted by molar-refractivity contribution is -0.159. The minimum absolute atomic E-state index is 0.137. The first kappa shape index (κ1) is 25.2. The molecule has 11 heteroatoms. The van der Waals surface area contributed by atoms with Gasteiger partial charge in [0.25, 0.3) is 5.91 Å². The van der Waals surface area contributed by atoms with E-state index < -0.39 is 18.0 Å². The fraction of sp³-hybridized carbons (Fsp3) is 0.250. The third-order valence-electron chi connectivity index (χ3n) is 5.42. The van der Waals surface area contributed by atoms with Crippen LogP contribution in [0.1, 0.15) is 12.0 Å². The zero-order valence-corrected chi connectivity index (χ0v) is 19.1. The first-order chi connectivity index (χ1) is 16.8. The molecule has 3 aromatic rings. The molecule has 0 aliphatic carbocycles. The number of fused-ring (bicyclic) bond motifs is 1. The van der Waals surface area contributed by atoms with E-state index in [9.17, 15) is 9.59 Å². The summed E-state index contributed by atoms with van der Waals surface area (Å²) >= 11 is 0. The van der Waals surface area contributed by atoms with Gasteiger partial charge in [-0.05, 0) is 42.3 Å². The summed E-state index contributed by atoms with van der Waals surface area (Å²) in [5, 5.41) is 19.1. The lowest BCUT2D eigenvalue weighted by Gasteiger charge is -2.18. The van der Waals surface area contributed by atoms with E-state index in [1.54, 1.807) is 31.4 Å². The number of aliphatic carboxylic acids is 2. The molecule has 0 radical (unpaired) electrons. The first-order valence-corrected chi connectivity index (χ1v) is 10.6. The second-order valence-corrected chi connectivity index (χ2v) is 7.54. The van der Waals surface area contributed by atoms with Gasteiger partial charge in [-0.2, -0.15) is 0 Å². The molecular weight excluding hydrogens is 458 g/mol. The van der Waals surface area contributed by atoms with Gasteiger partial charge in [0.05, 0.1) is 32.4 Å². The van der Waals surface area contributed by atoms with Gasteiger partial charge in [0.1, 0.15) is 11.5 Å². The molecule has 1 saturated heterocycles. The van der Waals surface area contributed by atoms with Crippen LogP contribution in [-0.2, 0) is 25.6 Å². The molecule has 35 heavy (non-hydrogen) atoms. The van der Waals surface area contributed by atoms with Crippen LogP contribution in [0, 0.1) is 0 Å². The fourth-order valence-corrected chi connectivity index (χ4v) is 3.73. The van der Waals surface area contributed by atoms with E-state index in [1.165, 1.54) is 12.0 Å². The Labute approximate surface area is 200 Å². The van der Waals surface area contributed by atoms with E-state index in [-0.39, 0.29) is 18.2 Å². The number of aromatic nitrogens is 1. The number of aromatic amines is 1. The van der Waals surface area contributed by atoms with Crippen molar-refractivity contribution in [2.24, 2.45) is 0 Å². The summed E-state index contributed by atoms with van der Waals surface area (Å²) in [5.41, 5.74) is 2.65. The molecule has 1 aliphatic heterocycles. The predicted octanol–water partition coefficient (Wildman–Crippen LogP) is 1.80. The largest absolute Gasteiger partial charge is 0.497 e. The predicted molar refractivity (Wildman–Crippen MR) is 126 cm³/mol. The molecule has 1 aliphatic rings. The Morgan fingerprint density at radius 2 is 1.80 bits per heavy atom. The number of nitrogens with one attached hydrogen (secondary N) is 2. The number of ether oxygens (including phenoxy) is 2. The second kappa shape index (κ2) is 11.2. The van der Waals surface area contributed by atoms with Gasteiger partial charge in [0, 0.05) is 23.6 Å². The molecule has 0 spiro atoms. The molecule has 2 heterocycles. The van der Waals surface area contributed by atoms with Crippen LogP contribution in [-0.4, -0.2) is 65.8 Å². The highest BCUT2D eigenvalue weighted by Crippen LogP contribution is 2.31. The Hall–Kier alpha value is -4.38. The van der Waals surface area contributed by atoms with E-state index in [0.29, 0.717) is 18.0 Å². The number of methoxy groups -OCH3 is 2. The van der Waals surface area contributed by atoms with Crippen molar-refractivity contribution in [3.63, 3.8) is 0 Å². The molecule has 11 nitrogen and oxygen atoms in total. The molecule has 1 atom stereocenters. The normalized spacial score (nSPS) is 15.0. The molecule has 4 N–H and O–H groups in total. The van der Waals surface area contributed by atoms with Crippen molar-refractivity contribution in [2.75, 3.05) is 25.7 Å². The van der Waals surface area contributed by atoms with Gasteiger partial charge >= 0.3 is 11.9 Å². The fourth-order valence-electron chi connectivity index (χ4n) is 3.73. The Morgan fingerprint density at radius 3 is 2.46 bits per heavy atom. The van der Waals surface area contributed by atoms with Gasteiger partial charge in [-0.25, -0.2) is 14.5 Å². The van der Waals surface area contributed by atoms with Crippen molar-refractivity contribution < 1.29 is 38.9 Å². The monoisotopic (exact) mass is 483 g/mol. The Bertz CT molecular complexity index is 1240. The quantitative estimate of drug-likeness (QED) is 0.290. The zero-order valence-electron chi connectivity index (χ0n) is 19.1. The smallest absolute Gasteiger partial charge is 0.414 e. The van der Waals surface area contributed by atoms with E-state index in [2.05, 4.69) is 10.3 Å². The summed E-state index contributed by atoms with van der Waals surface area (Å²) in [6.45, 7) is 0.577. The molecule has 2 amide bonds. The van der Waals surface area contributed by atoms with Crippen molar-refractivity contribution in [3.05, 3.63) is 54.2 Å². The molecule has 0 saturated carbocycles. The van der Waals surface area contributed by atoms with Gasteiger partial charge < -0.3 is 30.0 Å². The summed E-state index contributed by atoms with van der Waals surface area (Å²) in [7, 11) is 3.17. The Balaban J connectivity index is 0.000000509. The van der Waals surface area contributed by atoms with E-state index in [1.807, 2.05) is 24.4 Å². The highest BCUT2D eigenvalue weighted by atomic mass is 16.5. The van der Waals surface area contributed by atoms with Crippen LogP contribution >= 0.6 is 0 Å². The number of carboxylic acid groups (broad SMARTS) is 2. The molecule has 1 fully saturated rings. The average Bonchev–Trinajstić information content (AvgIpc) is 3.38. The number of imide groups is 1. The number of carbonyl (C=O) groups is 4. The number of carboxylic acids is 2. The number of hydrogen-bond donors (Lipinski definition) is 4. The second-order valence-electron chi connectivity index (χ2n) is 7.54. The maximum absolute atomic E-state index is 12.8. The van der Waals surface area contributed by atoms with Gasteiger partial charge in [0.2, 0.25) is 5.91 Å². The van der Waals surface area contributed by atoms with Gasteiger partial charge in [-0.3, -0.25) is 9.59 Å². The molecule has 1 aromatic heterocycles. The van der Waals surface area contributed by atoms with Crippen LogP contribution in [0.25, 0.3) is 10.9 Å². The van der Waals surface area contributed by atoms with Crippen molar-refractivity contribution in [1.82, 2.24) is 10.3 Å². The van der Waals surface area contributed by atoms with Crippen LogP contribution in [0.4, 0.5) is 5.69 Å². The number of amides is 2. The maximum atomic E-state index is 12.8. The van der Waals surface area contributed by atoms with Crippen molar-refractivity contribution >= 4 is 40.3 Å². The SMILES string of the molecule is COc1ccc2[nH]cc(CCNC3CC(=O)N(c4ccccc4OC)C3=O)c2c1.O=C(O)C(=O)O. The number of carbonyl (C=O) groups excluding carboxylic acids is 2. The Morgan fingerprint density at radius 1 is 1.09 bits per heavy atom. The van der Waals surface area contributed by atoms with Gasteiger partial charge in [-0.15, -0.1) is 0 Å². The molecule has 4 rings (SSSR count). The van der Waals surface area contributed by atoms with Gasteiger partial charge in [0.15, 0.2) is 0 Å². The number of hydrogen-bond acceptors (Lipinski definition) is 7. The van der Waals surface area contributed by atoms with Crippen molar-refractivity contribution in [1.29, 1.82) is 0 Å². The number of H-pyrrole nitrogens is 1. The highest BCUT2D eigenvalue weighted by molar-refractivity contribution is 6.27. The van der Waals surface area contributed by atoms with Crippen LogP contribution in [0.15, 0.2) is 48.7 Å². The van der Waals surface area contributed by atoms with E-state index >= 15 is 0 Å². The van der Waals surface area contributed by atoms with Crippen molar-refractivity contribution in [2.45, 2.75) is 18.9 Å². The summed E-state index contributed by atoms with van der Waals surface area (Å²) in [5.74, 6) is -2.82. The number of benzene rings is 2. The van der Waals surface area contributed by atoms with Gasteiger partial charge in [-0.1, -0.05) is 12.1 Å². The zero-order chi connectivity index (χ0) is 25.5. The van der Waals surface area contributed by atoms with E-state index in [0.717, 1.165) is 28.6 Å². The molecule has 2 aromatic carbocycles. The van der Waals surface area contributed by atoms with Crippen LogP contribution in [0.3, 0.4) is 0 Å². The molecular formula is C24H25N3O8. The average molecular weight is 483 g/mol. The topological polar surface area (TPSA) is 158 Å². The van der Waals surface area contributed by atoms with Crippen molar-refractivity contribution in [3.8, 4) is 11.5 Å². The Kier molecular flexibility index (Phi) is 8.05. The number of nitrogens with zero attached hydrogens (tertiary/aromatic N) is 1.